The van der Waals surface area contributed by atoms with Gasteiger partial charge in [0.2, 0.25) is 0 Å². The molecule has 0 saturated heterocycles. The molecule has 5 aliphatic rings. The molecule has 9 atom stereocenters. The maximum atomic E-state index is 13.4. The van der Waals surface area contributed by atoms with Crippen LogP contribution >= 0.6 is 0 Å². The Morgan fingerprint density at radius 1 is 0.939 bits per heavy atom. The predicted molar refractivity (Wildman–Crippen MR) is 133 cm³/mol. The van der Waals surface area contributed by atoms with Gasteiger partial charge in [-0.2, -0.15) is 0 Å². The van der Waals surface area contributed by atoms with Crippen molar-refractivity contribution >= 4 is 5.78 Å². The van der Waals surface area contributed by atoms with E-state index in [1.54, 1.807) is 5.57 Å². The molecule has 0 spiro atoms. The molecule has 1 unspecified atom stereocenters. The van der Waals surface area contributed by atoms with Crippen molar-refractivity contribution < 1.29 is 15.0 Å². The number of allylic oxidation sites excluding steroid dienone is 2. The van der Waals surface area contributed by atoms with Gasteiger partial charge in [0.1, 0.15) is 5.78 Å². The average molecular weight is 457 g/mol. The minimum Gasteiger partial charge on any atom is -0.396 e. The molecule has 0 aromatic rings. The van der Waals surface area contributed by atoms with E-state index in [0.29, 0.717) is 23.5 Å². The normalized spacial score (nSPS) is 55.5. The van der Waals surface area contributed by atoms with Gasteiger partial charge < -0.3 is 10.2 Å². The summed E-state index contributed by atoms with van der Waals surface area (Å²) in [5.41, 5.74) is 1.58. The summed E-state index contributed by atoms with van der Waals surface area (Å²) in [6.07, 6.45) is 11.4. The highest BCUT2D eigenvalue weighted by Gasteiger charge is 2.69. The Labute approximate surface area is 201 Å². The smallest absolute Gasteiger partial charge is 0.139 e. The Hall–Kier alpha value is -0.670. The largest absolute Gasteiger partial charge is 0.396 e. The van der Waals surface area contributed by atoms with Gasteiger partial charge in [-0.1, -0.05) is 60.1 Å². The molecule has 5 rings (SSSR count). The molecule has 5 aliphatic carbocycles. The van der Waals surface area contributed by atoms with Crippen molar-refractivity contribution in [1.29, 1.82) is 0 Å². The molecule has 3 heteroatoms. The van der Waals surface area contributed by atoms with Crippen LogP contribution in [-0.2, 0) is 4.79 Å². The molecular weight excluding hydrogens is 408 g/mol. The third kappa shape index (κ3) is 2.85. The van der Waals surface area contributed by atoms with Crippen molar-refractivity contribution in [3.8, 4) is 0 Å². The van der Waals surface area contributed by atoms with Gasteiger partial charge in [-0.15, -0.1) is 0 Å². The van der Waals surface area contributed by atoms with Crippen LogP contribution in [0.4, 0.5) is 0 Å². The van der Waals surface area contributed by atoms with Gasteiger partial charge >= 0.3 is 0 Å². The summed E-state index contributed by atoms with van der Waals surface area (Å²) < 4.78 is 0. The molecule has 186 valence electrons. The molecule has 4 saturated carbocycles. The number of carbonyl (C=O) groups is 1. The lowest BCUT2D eigenvalue weighted by Crippen LogP contribution is -2.65. The van der Waals surface area contributed by atoms with Gasteiger partial charge in [0, 0.05) is 17.3 Å². The lowest BCUT2D eigenvalue weighted by atomic mass is 9.33. The molecule has 3 nitrogen and oxygen atoms in total. The first-order valence-corrected chi connectivity index (χ1v) is 13.7. The Balaban J connectivity index is 1.59. The van der Waals surface area contributed by atoms with Crippen LogP contribution in [0.2, 0.25) is 0 Å². The number of aliphatic hydroxyl groups is 2. The van der Waals surface area contributed by atoms with E-state index in [4.69, 9.17) is 0 Å². The second-order valence-electron chi connectivity index (χ2n) is 15.0. The van der Waals surface area contributed by atoms with Gasteiger partial charge in [0.05, 0.1) is 12.7 Å². The zero-order valence-electron chi connectivity index (χ0n) is 22.3. The van der Waals surface area contributed by atoms with E-state index in [9.17, 15) is 15.0 Å². The van der Waals surface area contributed by atoms with E-state index in [1.165, 1.54) is 0 Å². The van der Waals surface area contributed by atoms with Crippen LogP contribution in [0.5, 0.6) is 0 Å². The van der Waals surface area contributed by atoms with Crippen molar-refractivity contribution in [2.24, 2.45) is 50.2 Å². The summed E-state index contributed by atoms with van der Waals surface area (Å²) >= 11 is 0. The minimum atomic E-state index is -0.402. The zero-order chi connectivity index (χ0) is 24.2. The molecule has 0 aromatic heterocycles. The second-order valence-corrected chi connectivity index (χ2v) is 15.0. The lowest BCUT2D eigenvalue weighted by molar-refractivity contribution is -0.214. The summed E-state index contributed by atoms with van der Waals surface area (Å²) in [6, 6.07) is 0. The molecule has 0 heterocycles. The van der Waals surface area contributed by atoms with Crippen LogP contribution in [0, 0.1) is 50.2 Å². The number of fused-ring (bicyclic) bond motifs is 7. The fourth-order valence-electron chi connectivity index (χ4n) is 10.5. The number of hydrogen-bond acceptors (Lipinski definition) is 3. The highest BCUT2D eigenvalue weighted by molar-refractivity contribution is 5.87. The van der Waals surface area contributed by atoms with Crippen LogP contribution in [0.25, 0.3) is 0 Å². The fourth-order valence-corrected chi connectivity index (χ4v) is 10.5. The van der Waals surface area contributed by atoms with Crippen LogP contribution in [0.3, 0.4) is 0 Å². The summed E-state index contributed by atoms with van der Waals surface area (Å²) in [7, 11) is 0. The van der Waals surface area contributed by atoms with Crippen LogP contribution in [0.15, 0.2) is 11.6 Å². The Kier molecular flexibility index (Phi) is 5.07. The molecule has 0 aliphatic heterocycles. The second kappa shape index (κ2) is 6.96. The van der Waals surface area contributed by atoms with Crippen molar-refractivity contribution in [2.45, 2.75) is 112 Å². The van der Waals surface area contributed by atoms with Gasteiger partial charge in [0.25, 0.3) is 0 Å². The van der Waals surface area contributed by atoms with Gasteiger partial charge in [-0.3, -0.25) is 4.79 Å². The molecule has 0 radical (unpaired) electrons. The summed E-state index contributed by atoms with van der Waals surface area (Å²) in [6.45, 7) is 16.7. The topological polar surface area (TPSA) is 57.5 Å². The van der Waals surface area contributed by atoms with Gasteiger partial charge in [-0.25, -0.2) is 0 Å². The van der Waals surface area contributed by atoms with Crippen LogP contribution in [-0.4, -0.2) is 28.7 Å². The number of ketones is 1. The zero-order valence-corrected chi connectivity index (χ0v) is 22.3. The third-order valence-corrected chi connectivity index (χ3v) is 13.0. The molecule has 0 bridgehead atoms. The van der Waals surface area contributed by atoms with Gasteiger partial charge in [0.15, 0.2) is 0 Å². The SMILES string of the molecule is CC1(C)CC(=O)[C@]2(C)CC[C@]3(C)C(=CC[C@H]4C3(C)CC[C@@H]3[C@]4(C)CC[C@H](O)[C@]3(C)CO)[C@@H]2C1. The molecular formula is C30H48O3. The third-order valence-electron chi connectivity index (χ3n) is 13.0. The molecule has 4 fully saturated rings. The molecule has 0 aromatic carbocycles. The monoisotopic (exact) mass is 456 g/mol. The predicted octanol–water partition coefficient (Wildman–Crippen LogP) is 6.32. The first-order valence-electron chi connectivity index (χ1n) is 13.7. The van der Waals surface area contributed by atoms with E-state index in [0.717, 1.165) is 57.8 Å². The van der Waals surface area contributed by atoms with E-state index < -0.39 is 11.5 Å². The van der Waals surface area contributed by atoms with Crippen molar-refractivity contribution in [2.75, 3.05) is 6.61 Å². The molecule has 2 N–H and O–H groups in total. The maximum Gasteiger partial charge on any atom is 0.139 e. The first-order chi connectivity index (χ1) is 15.2. The number of aliphatic hydroxyl groups excluding tert-OH is 2. The van der Waals surface area contributed by atoms with E-state index in [1.807, 2.05) is 0 Å². The quantitative estimate of drug-likeness (QED) is 0.454. The highest BCUT2D eigenvalue weighted by atomic mass is 16.3. The average Bonchev–Trinajstić information content (AvgIpc) is 2.73. The lowest BCUT2D eigenvalue weighted by Gasteiger charge is -2.71. The summed E-state index contributed by atoms with van der Waals surface area (Å²) in [4.78, 5) is 13.4. The first kappa shape index (κ1) is 24.0. The molecule has 33 heavy (non-hydrogen) atoms. The number of hydrogen-bond donors (Lipinski definition) is 2. The van der Waals surface area contributed by atoms with Crippen molar-refractivity contribution in [3.05, 3.63) is 11.6 Å². The summed E-state index contributed by atoms with van der Waals surface area (Å²) in [5.74, 6) is 1.80. The summed E-state index contributed by atoms with van der Waals surface area (Å²) in [5, 5.41) is 21.3. The highest BCUT2D eigenvalue weighted by Crippen LogP contribution is 2.75. The fraction of sp³-hybridized carbons (Fsp3) is 0.900. The van der Waals surface area contributed by atoms with E-state index in [2.05, 4.69) is 54.5 Å². The van der Waals surface area contributed by atoms with Crippen LogP contribution in [0.1, 0.15) is 106 Å². The Morgan fingerprint density at radius 3 is 2.30 bits per heavy atom. The van der Waals surface area contributed by atoms with Crippen molar-refractivity contribution in [1.82, 2.24) is 0 Å². The molecule has 0 amide bonds. The van der Waals surface area contributed by atoms with Gasteiger partial charge in [-0.05, 0) is 90.8 Å². The maximum absolute atomic E-state index is 13.4. The number of rotatable bonds is 1. The number of carbonyl (C=O) groups excluding carboxylic acids is 1. The minimum absolute atomic E-state index is 0.0772. The number of Topliss-reactive ketones (excluding diaryl/α,β-unsaturated/α-hetero) is 1. The standard InChI is InChI=1S/C30H48O3/c1-25(2)16-20-19-8-9-22-27(4)12-11-23(32)28(5,18-31)21(27)10-13-30(22,7)29(19,6)15-14-26(20,3)24(33)17-25/h8,20-23,31-32H,9-18H2,1-7H3/t20-,21+,22+,23-,26+,27-,28+,29+,30?/m0/s1. The van der Waals surface area contributed by atoms with E-state index in [-0.39, 0.29) is 33.7 Å². The van der Waals surface area contributed by atoms with E-state index >= 15 is 0 Å². The van der Waals surface area contributed by atoms with Crippen molar-refractivity contribution in [3.63, 3.8) is 0 Å². The Morgan fingerprint density at radius 2 is 1.64 bits per heavy atom. The Bertz CT molecular complexity index is 889. The van der Waals surface area contributed by atoms with Crippen LogP contribution < -0.4 is 0 Å².